The minimum Gasteiger partial charge on any atom is -0.487 e. The van der Waals surface area contributed by atoms with Crippen molar-refractivity contribution in [2.75, 3.05) is 18.0 Å². The number of hydrogen-bond donors (Lipinski definition) is 0. The Morgan fingerprint density at radius 2 is 2.07 bits per heavy atom. The van der Waals surface area contributed by atoms with Crippen molar-refractivity contribution in [2.45, 2.75) is 12.5 Å². The van der Waals surface area contributed by atoms with Crippen molar-refractivity contribution < 1.29 is 4.74 Å². The van der Waals surface area contributed by atoms with Crippen LogP contribution < -0.4 is 9.64 Å². The lowest BCUT2D eigenvalue weighted by Gasteiger charge is -2.15. The highest BCUT2D eigenvalue weighted by Crippen LogP contribution is 2.30. The Hall–Kier alpha value is -2.64. The Balaban J connectivity index is 1.31. The van der Waals surface area contributed by atoms with E-state index in [0.717, 1.165) is 51.6 Å². The Morgan fingerprint density at radius 1 is 1.19 bits per heavy atom. The number of aromatic nitrogens is 4. The van der Waals surface area contributed by atoms with Gasteiger partial charge < -0.3 is 9.64 Å². The highest BCUT2D eigenvalue weighted by atomic mass is 35.5. The van der Waals surface area contributed by atoms with Crippen LogP contribution in [0.4, 0.5) is 5.13 Å². The zero-order chi connectivity index (χ0) is 18.2. The molecule has 27 heavy (non-hydrogen) atoms. The summed E-state index contributed by atoms with van der Waals surface area (Å²) in [5, 5.41) is 6.39. The standard InChI is InChI=1S/C19H16ClN5OS/c20-14-5-3-13(4-6-14)17-12-25-18(22-17)27-19(23-25)24-9-7-16(11-24)26-15-2-1-8-21-10-15/h1-6,8,10,12,16H,7,9,11H2. The molecule has 0 bridgehead atoms. The number of pyridine rings is 1. The summed E-state index contributed by atoms with van der Waals surface area (Å²) in [6, 6.07) is 11.5. The van der Waals surface area contributed by atoms with Gasteiger partial charge in [0.2, 0.25) is 10.1 Å². The number of benzene rings is 1. The highest BCUT2D eigenvalue weighted by Gasteiger charge is 2.27. The molecule has 0 N–H and O–H groups in total. The van der Waals surface area contributed by atoms with Crippen LogP contribution in [0.25, 0.3) is 16.2 Å². The fourth-order valence-corrected chi connectivity index (χ4v) is 4.23. The van der Waals surface area contributed by atoms with Gasteiger partial charge in [-0.05, 0) is 24.3 Å². The van der Waals surface area contributed by atoms with Crippen LogP contribution in [0.5, 0.6) is 5.75 Å². The van der Waals surface area contributed by atoms with Crippen molar-refractivity contribution >= 4 is 33.0 Å². The van der Waals surface area contributed by atoms with Gasteiger partial charge in [0.15, 0.2) is 0 Å². The van der Waals surface area contributed by atoms with Gasteiger partial charge in [-0.2, -0.15) is 0 Å². The number of fused-ring (bicyclic) bond motifs is 1. The molecule has 8 heteroatoms. The van der Waals surface area contributed by atoms with E-state index in [1.807, 2.05) is 47.1 Å². The quantitative estimate of drug-likeness (QED) is 0.517. The molecular weight excluding hydrogens is 382 g/mol. The molecule has 0 spiro atoms. The van der Waals surface area contributed by atoms with Crippen LogP contribution >= 0.6 is 22.9 Å². The van der Waals surface area contributed by atoms with Crippen LogP contribution in [0.15, 0.2) is 55.0 Å². The molecule has 4 heterocycles. The van der Waals surface area contributed by atoms with Crippen molar-refractivity contribution in [3.63, 3.8) is 0 Å². The minimum atomic E-state index is 0.148. The van der Waals surface area contributed by atoms with E-state index in [1.165, 1.54) is 0 Å². The Bertz CT molecular complexity index is 1030. The third-order valence-electron chi connectivity index (χ3n) is 4.53. The highest BCUT2D eigenvalue weighted by molar-refractivity contribution is 7.20. The molecular formula is C19H16ClN5OS. The number of ether oxygens (including phenoxy) is 1. The van der Waals surface area contributed by atoms with Crippen LogP contribution in [0.2, 0.25) is 5.02 Å². The second-order valence-corrected chi connectivity index (χ2v) is 7.78. The predicted molar refractivity (Wildman–Crippen MR) is 107 cm³/mol. The summed E-state index contributed by atoms with van der Waals surface area (Å²) >= 11 is 7.55. The van der Waals surface area contributed by atoms with E-state index in [2.05, 4.69) is 9.88 Å². The SMILES string of the molecule is Clc1ccc(-c2cn3nc(N4CCC(Oc5cccnc5)C4)sc3n2)cc1. The smallest absolute Gasteiger partial charge is 0.214 e. The average Bonchev–Trinajstić information content (AvgIpc) is 3.37. The largest absolute Gasteiger partial charge is 0.487 e. The molecule has 6 nitrogen and oxygen atoms in total. The molecule has 1 aliphatic heterocycles. The molecule has 1 unspecified atom stereocenters. The molecule has 0 saturated carbocycles. The molecule has 136 valence electrons. The summed E-state index contributed by atoms with van der Waals surface area (Å²) in [7, 11) is 0. The first-order chi connectivity index (χ1) is 13.2. The van der Waals surface area contributed by atoms with E-state index < -0.39 is 0 Å². The van der Waals surface area contributed by atoms with Gasteiger partial charge in [0, 0.05) is 29.7 Å². The third-order valence-corrected chi connectivity index (χ3v) is 5.76. The van der Waals surface area contributed by atoms with Gasteiger partial charge in [-0.15, -0.1) is 5.10 Å². The summed E-state index contributed by atoms with van der Waals surface area (Å²) in [5.74, 6) is 0.811. The van der Waals surface area contributed by atoms with Gasteiger partial charge in [0.1, 0.15) is 11.9 Å². The lowest BCUT2D eigenvalue weighted by Crippen LogP contribution is -2.24. The van der Waals surface area contributed by atoms with E-state index in [-0.39, 0.29) is 6.10 Å². The average molecular weight is 398 g/mol. The van der Waals surface area contributed by atoms with E-state index in [9.17, 15) is 0 Å². The zero-order valence-electron chi connectivity index (χ0n) is 14.3. The molecule has 1 atom stereocenters. The second-order valence-electron chi connectivity index (χ2n) is 6.41. The van der Waals surface area contributed by atoms with E-state index >= 15 is 0 Å². The van der Waals surface area contributed by atoms with Gasteiger partial charge in [0.05, 0.1) is 24.6 Å². The number of anilines is 1. The monoisotopic (exact) mass is 397 g/mol. The van der Waals surface area contributed by atoms with Gasteiger partial charge in [-0.25, -0.2) is 9.50 Å². The normalized spacial score (nSPS) is 16.9. The number of imidazole rings is 1. The summed E-state index contributed by atoms with van der Waals surface area (Å²) in [5.41, 5.74) is 1.93. The fraction of sp³-hybridized carbons (Fsp3) is 0.211. The number of nitrogens with zero attached hydrogens (tertiary/aromatic N) is 5. The first-order valence-corrected chi connectivity index (χ1v) is 9.88. The molecule has 1 saturated heterocycles. The Morgan fingerprint density at radius 3 is 2.85 bits per heavy atom. The number of rotatable bonds is 4. The van der Waals surface area contributed by atoms with E-state index in [1.54, 1.807) is 23.7 Å². The summed E-state index contributed by atoms with van der Waals surface area (Å²) in [6.07, 6.45) is 6.57. The molecule has 5 rings (SSSR count). The Kier molecular flexibility index (Phi) is 4.18. The van der Waals surface area contributed by atoms with Gasteiger partial charge in [-0.1, -0.05) is 35.1 Å². The van der Waals surface area contributed by atoms with Crippen molar-refractivity contribution in [3.05, 3.63) is 60.0 Å². The van der Waals surface area contributed by atoms with Crippen LogP contribution in [-0.2, 0) is 0 Å². The van der Waals surface area contributed by atoms with Crippen molar-refractivity contribution in [3.8, 4) is 17.0 Å². The maximum atomic E-state index is 6.01. The van der Waals surface area contributed by atoms with Gasteiger partial charge in [0.25, 0.3) is 0 Å². The van der Waals surface area contributed by atoms with Crippen molar-refractivity contribution in [2.24, 2.45) is 0 Å². The van der Waals surface area contributed by atoms with Crippen LogP contribution in [0.3, 0.4) is 0 Å². The van der Waals surface area contributed by atoms with Gasteiger partial charge >= 0.3 is 0 Å². The topological polar surface area (TPSA) is 55.5 Å². The number of halogens is 1. The first-order valence-electron chi connectivity index (χ1n) is 8.68. The molecule has 3 aromatic heterocycles. The van der Waals surface area contributed by atoms with Crippen molar-refractivity contribution in [1.29, 1.82) is 0 Å². The van der Waals surface area contributed by atoms with Gasteiger partial charge in [-0.3, -0.25) is 4.98 Å². The minimum absolute atomic E-state index is 0.148. The number of hydrogen-bond acceptors (Lipinski definition) is 6. The molecule has 0 radical (unpaired) electrons. The molecule has 1 fully saturated rings. The van der Waals surface area contributed by atoms with Crippen LogP contribution in [0.1, 0.15) is 6.42 Å². The Labute approximate surface area is 165 Å². The summed E-state index contributed by atoms with van der Waals surface area (Å²) in [4.78, 5) is 11.9. The van der Waals surface area contributed by atoms with E-state index in [0.29, 0.717) is 0 Å². The zero-order valence-corrected chi connectivity index (χ0v) is 15.9. The first kappa shape index (κ1) is 16.5. The summed E-state index contributed by atoms with van der Waals surface area (Å²) < 4.78 is 7.86. The third kappa shape index (κ3) is 3.36. The maximum absolute atomic E-state index is 6.01. The molecule has 0 amide bonds. The van der Waals surface area contributed by atoms with E-state index in [4.69, 9.17) is 26.4 Å². The van der Waals surface area contributed by atoms with Crippen molar-refractivity contribution in [1.82, 2.24) is 19.6 Å². The van der Waals surface area contributed by atoms with Crippen LogP contribution in [-0.4, -0.2) is 38.8 Å². The van der Waals surface area contributed by atoms with Crippen LogP contribution in [0, 0.1) is 0 Å². The molecule has 0 aliphatic carbocycles. The lowest BCUT2D eigenvalue weighted by molar-refractivity contribution is 0.224. The maximum Gasteiger partial charge on any atom is 0.214 e. The molecule has 1 aromatic carbocycles. The molecule has 4 aromatic rings. The predicted octanol–water partition coefficient (Wildman–Crippen LogP) is 4.16. The summed E-state index contributed by atoms with van der Waals surface area (Å²) in [6.45, 7) is 1.74. The second kappa shape index (κ2) is 6.83. The molecule has 1 aliphatic rings. The lowest BCUT2D eigenvalue weighted by atomic mass is 10.2. The fourth-order valence-electron chi connectivity index (χ4n) is 3.18.